The van der Waals surface area contributed by atoms with Gasteiger partial charge in [0.15, 0.2) is 5.65 Å². The van der Waals surface area contributed by atoms with Crippen molar-refractivity contribution in [2.75, 3.05) is 13.1 Å². The number of carbonyl (C=O) groups excluding carboxylic acids is 1. The van der Waals surface area contributed by atoms with Gasteiger partial charge in [0.05, 0.1) is 12.6 Å². The zero-order chi connectivity index (χ0) is 14.8. The topological polar surface area (TPSA) is 79.8 Å². The number of nitrogens with zero attached hydrogens (tertiary/aromatic N) is 4. The first kappa shape index (κ1) is 13.8. The Kier molecular flexibility index (Phi) is 3.74. The molecule has 0 aromatic carbocycles. The van der Waals surface area contributed by atoms with Crippen molar-refractivity contribution in [3.63, 3.8) is 0 Å². The van der Waals surface area contributed by atoms with E-state index in [1.54, 1.807) is 23.2 Å². The van der Waals surface area contributed by atoms with Crippen molar-refractivity contribution in [2.45, 2.75) is 31.9 Å². The molecule has 2 aromatic rings. The minimum atomic E-state index is -0.430. The number of fused-ring (bicyclic) bond motifs is 1. The highest BCUT2D eigenvalue weighted by Crippen LogP contribution is 2.11. The second kappa shape index (κ2) is 5.69. The molecule has 0 aliphatic carbocycles. The minimum absolute atomic E-state index is 0.0438. The number of piperidine rings is 1. The van der Waals surface area contributed by atoms with Crippen molar-refractivity contribution in [2.24, 2.45) is 0 Å². The lowest BCUT2D eigenvalue weighted by Gasteiger charge is -2.30. The van der Waals surface area contributed by atoms with Gasteiger partial charge in [-0.1, -0.05) is 6.07 Å². The summed E-state index contributed by atoms with van der Waals surface area (Å²) >= 11 is 0. The molecule has 1 N–H and O–H groups in total. The number of aliphatic hydroxyl groups excluding tert-OH is 1. The van der Waals surface area contributed by atoms with Crippen molar-refractivity contribution >= 4 is 11.6 Å². The van der Waals surface area contributed by atoms with Crippen molar-refractivity contribution in [3.8, 4) is 0 Å². The maximum Gasteiger partial charge on any atom is 0.350 e. The van der Waals surface area contributed by atoms with E-state index in [2.05, 4.69) is 5.10 Å². The molecule has 1 amide bonds. The van der Waals surface area contributed by atoms with Crippen LogP contribution < -0.4 is 5.69 Å². The van der Waals surface area contributed by atoms with Crippen LogP contribution in [0.1, 0.15) is 19.3 Å². The van der Waals surface area contributed by atoms with Gasteiger partial charge in [0, 0.05) is 25.7 Å². The summed E-state index contributed by atoms with van der Waals surface area (Å²) < 4.78 is 2.77. The first-order valence-corrected chi connectivity index (χ1v) is 7.15. The number of hydrogen-bond donors (Lipinski definition) is 1. The van der Waals surface area contributed by atoms with Crippen LogP contribution in [0.15, 0.2) is 29.2 Å². The summed E-state index contributed by atoms with van der Waals surface area (Å²) in [6, 6.07) is 5.33. The van der Waals surface area contributed by atoms with Gasteiger partial charge in [-0.3, -0.25) is 9.20 Å². The van der Waals surface area contributed by atoms with E-state index in [0.717, 1.165) is 12.8 Å². The Bertz CT molecular complexity index is 706. The van der Waals surface area contributed by atoms with E-state index >= 15 is 0 Å². The lowest BCUT2D eigenvalue weighted by molar-refractivity contribution is -0.134. The molecule has 1 aliphatic rings. The van der Waals surface area contributed by atoms with Gasteiger partial charge in [0.25, 0.3) is 0 Å². The van der Waals surface area contributed by atoms with E-state index in [1.807, 2.05) is 6.07 Å². The van der Waals surface area contributed by atoms with Crippen LogP contribution in [0, 0.1) is 0 Å². The maximum absolute atomic E-state index is 12.1. The summed E-state index contributed by atoms with van der Waals surface area (Å²) in [7, 11) is 0. The van der Waals surface area contributed by atoms with Crippen molar-refractivity contribution in [1.29, 1.82) is 0 Å². The van der Waals surface area contributed by atoms with Crippen LogP contribution in [-0.4, -0.2) is 49.3 Å². The van der Waals surface area contributed by atoms with Crippen molar-refractivity contribution in [1.82, 2.24) is 19.1 Å². The number of pyridine rings is 1. The van der Waals surface area contributed by atoms with Crippen LogP contribution in [0.5, 0.6) is 0 Å². The molecule has 0 bridgehead atoms. The first-order chi connectivity index (χ1) is 10.1. The van der Waals surface area contributed by atoms with Gasteiger partial charge in [-0.15, -0.1) is 5.10 Å². The third-order valence-corrected chi connectivity index (χ3v) is 3.78. The summed E-state index contributed by atoms with van der Waals surface area (Å²) in [4.78, 5) is 25.8. The Morgan fingerprint density at radius 3 is 3.05 bits per heavy atom. The van der Waals surface area contributed by atoms with Crippen LogP contribution >= 0.6 is 0 Å². The van der Waals surface area contributed by atoms with E-state index < -0.39 is 6.10 Å². The predicted molar refractivity (Wildman–Crippen MR) is 75.9 cm³/mol. The van der Waals surface area contributed by atoms with Gasteiger partial charge in [-0.2, -0.15) is 0 Å². The number of aryl methyl sites for hydroxylation is 1. The maximum atomic E-state index is 12.1. The molecule has 0 saturated carbocycles. The third-order valence-electron chi connectivity index (χ3n) is 3.78. The molecule has 0 radical (unpaired) electrons. The number of aliphatic hydroxyl groups is 1. The Hall–Kier alpha value is -2.15. The minimum Gasteiger partial charge on any atom is -0.391 e. The van der Waals surface area contributed by atoms with Gasteiger partial charge in [-0.25, -0.2) is 9.48 Å². The highest BCUT2D eigenvalue weighted by molar-refractivity contribution is 5.76. The molecule has 2 aromatic heterocycles. The van der Waals surface area contributed by atoms with Crippen LogP contribution in [0.4, 0.5) is 0 Å². The van der Waals surface area contributed by atoms with Gasteiger partial charge in [-0.05, 0) is 25.0 Å². The fourth-order valence-corrected chi connectivity index (χ4v) is 2.65. The average molecular weight is 290 g/mol. The van der Waals surface area contributed by atoms with Gasteiger partial charge in [0.1, 0.15) is 0 Å². The molecule has 1 fully saturated rings. The summed E-state index contributed by atoms with van der Waals surface area (Å²) in [5, 5.41) is 13.8. The number of amides is 1. The highest BCUT2D eigenvalue weighted by atomic mass is 16.3. The SMILES string of the molecule is O=C(CCn1nc2ccccn2c1=O)N1CCCC(O)C1. The van der Waals surface area contributed by atoms with E-state index in [4.69, 9.17) is 0 Å². The molecule has 21 heavy (non-hydrogen) atoms. The van der Waals surface area contributed by atoms with Gasteiger partial charge >= 0.3 is 5.69 Å². The molecule has 7 nitrogen and oxygen atoms in total. The number of aromatic nitrogens is 3. The number of carbonyl (C=O) groups is 1. The van der Waals surface area contributed by atoms with Crippen molar-refractivity contribution < 1.29 is 9.90 Å². The number of hydrogen-bond acceptors (Lipinski definition) is 4. The second-order valence-electron chi connectivity index (χ2n) is 5.32. The number of rotatable bonds is 3. The molecule has 0 spiro atoms. The Morgan fingerprint density at radius 2 is 2.29 bits per heavy atom. The number of β-amino-alcohol motifs (C(OH)–C–C–N with tert-alkyl or cyclic N) is 1. The predicted octanol–water partition coefficient (Wildman–Crippen LogP) is -0.131. The average Bonchev–Trinajstić information content (AvgIpc) is 2.82. The molecule has 3 rings (SSSR count). The standard InChI is InChI=1S/C14H18N4O3/c19-11-4-3-7-16(10-11)13(20)6-9-18-14(21)17-8-2-1-5-12(17)15-18/h1-2,5,8,11,19H,3-4,6-7,9-10H2. The smallest absolute Gasteiger partial charge is 0.350 e. The molecule has 112 valence electrons. The Labute approximate surface area is 121 Å². The first-order valence-electron chi connectivity index (χ1n) is 7.15. The highest BCUT2D eigenvalue weighted by Gasteiger charge is 2.22. The monoisotopic (exact) mass is 290 g/mol. The molecular weight excluding hydrogens is 272 g/mol. The van der Waals surface area contributed by atoms with E-state index in [-0.39, 0.29) is 24.6 Å². The van der Waals surface area contributed by atoms with Crippen LogP contribution in [0.25, 0.3) is 5.65 Å². The summed E-state index contributed by atoms with van der Waals surface area (Å²) in [6.07, 6.45) is 3.01. The second-order valence-corrected chi connectivity index (χ2v) is 5.32. The zero-order valence-corrected chi connectivity index (χ0v) is 11.7. The lowest BCUT2D eigenvalue weighted by Crippen LogP contribution is -2.42. The van der Waals surface area contributed by atoms with Crippen molar-refractivity contribution in [3.05, 3.63) is 34.9 Å². The summed E-state index contributed by atoms with van der Waals surface area (Å²) in [6.45, 7) is 1.32. The normalized spacial score (nSPS) is 19.1. The molecule has 1 unspecified atom stereocenters. The molecule has 1 aliphatic heterocycles. The molecule has 1 saturated heterocycles. The largest absolute Gasteiger partial charge is 0.391 e. The van der Waals surface area contributed by atoms with E-state index in [1.165, 1.54) is 9.08 Å². The molecular formula is C14H18N4O3. The molecule has 1 atom stereocenters. The van der Waals surface area contributed by atoms with Gasteiger partial charge < -0.3 is 10.0 Å². The van der Waals surface area contributed by atoms with E-state index in [9.17, 15) is 14.7 Å². The Balaban J connectivity index is 1.67. The van der Waals surface area contributed by atoms with Crippen LogP contribution in [-0.2, 0) is 11.3 Å². The number of likely N-dealkylation sites (tertiary alicyclic amines) is 1. The molecule has 7 heteroatoms. The lowest BCUT2D eigenvalue weighted by atomic mass is 10.1. The van der Waals surface area contributed by atoms with Crippen LogP contribution in [0.3, 0.4) is 0 Å². The summed E-state index contributed by atoms with van der Waals surface area (Å²) in [5.41, 5.74) is 0.334. The molecule has 3 heterocycles. The third kappa shape index (κ3) is 2.82. The zero-order valence-electron chi connectivity index (χ0n) is 11.7. The quantitative estimate of drug-likeness (QED) is 0.854. The Morgan fingerprint density at radius 1 is 1.43 bits per heavy atom. The van der Waals surface area contributed by atoms with Crippen LogP contribution in [0.2, 0.25) is 0 Å². The fourth-order valence-electron chi connectivity index (χ4n) is 2.65. The fraction of sp³-hybridized carbons (Fsp3) is 0.500. The summed E-state index contributed by atoms with van der Waals surface area (Å²) in [5.74, 6) is -0.0438. The van der Waals surface area contributed by atoms with Gasteiger partial charge in [0.2, 0.25) is 5.91 Å². The van der Waals surface area contributed by atoms with E-state index in [0.29, 0.717) is 18.7 Å².